The van der Waals surface area contributed by atoms with Crippen LogP contribution in [0.15, 0.2) is 0 Å². The molecule has 0 radical (unpaired) electrons. The van der Waals surface area contributed by atoms with Crippen LogP contribution in [-0.4, -0.2) is 27.9 Å². The first-order valence-corrected chi connectivity index (χ1v) is 6.14. The quantitative estimate of drug-likeness (QED) is 0.590. The molecule has 2 nitrogen and oxygen atoms in total. The van der Waals surface area contributed by atoms with Gasteiger partial charge in [-0.05, 0) is 31.7 Å². The lowest BCUT2D eigenvalue weighted by molar-refractivity contribution is 0.210. The topological polar surface area (TPSA) is 20.3 Å². The largest absolute Gasteiger partial charge is 0.243 e. The van der Waals surface area contributed by atoms with Crippen LogP contribution in [0.1, 0.15) is 33.1 Å². The first-order valence-electron chi connectivity index (χ1n) is 4.87. The fraction of sp³-hybridized carbons (Fsp3) is 1.00. The first kappa shape index (κ1) is 11.2. The van der Waals surface area contributed by atoms with E-state index in [1.807, 2.05) is 11.4 Å². The fourth-order valence-electron chi connectivity index (χ4n) is 2.47. The molecule has 0 spiro atoms. The zero-order valence-electron chi connectivity index (χ0n) is 7.66. The van der Waals surface area contributed by atoms with Crippen LogP contribution < -0.4 is 0 Å². The Morgan fingerprint density at radius 2 is 1.85 bits per heavy atom. The molecule has 3 atom stereocenters. The van der Waals surface area contributed by atoms with Crippen LogP contribution in [-0.2, 0) is 11.0 Å². The molecule has 1 saturated carbocycles. The fourth-order valence-corrected chi connectivity index (χ4v) is 3.89. The van der Waals surface area contributed by atoms with E-state index < -0.39 is 11.0 Å². The van der Waals surface area contributed by atoms with Crippen LogP contribution in [0.25, 0.3) is 0 Å². The van der Waals surface area contributed by atoms with Crippen molar-refractivity contribution >= 4 is 11.0 Å². The van der Waals surface area contributed by atoms with E-state index in [4.69, 9.17) is 0 Å². The number of nitrogens with zero attached hydrogens (tertiary/aromatic N) is 1. The summed E-state index contributed by atoms with van der Waals surface area (Å²) in [5.41, 5.74) is 0. The van der Waals surface area contributed by atoms with Crippen LogP contribution in [0.3, 0.4) is 0 Å². The van der Waals surface area contributed by atoms with E-state index in [0.29, 0.717) is 0 Å². The van der Waals surface area contributed by atoms with Crippen LogP contribution in [0.2, 0.25) is 0 Å². The van der Waals surface area contributed by atoms with E-state index >= 15 is 0 Å². The van der Waals surface area contributed by atoms with Crippen molar-refractivity contribution in [3.8, 4) is 0 Å². The van der Waals surface area contributed by atoms with Gasteiger partial charge in [0.1, 0.15) is 0 Å². The molecule has 13 heavy (non-hydrogen) atoms. The molecule has 1 saturated heterocycles. The van der Waals surface area contributed by atoms with Crippen LogP contribution in [0.4, 0.5) is 0 Å². The Labute approximate surface area is 84.3 Å². The summed E-state index contributed by atoms with van der Waals surface area (Å²) < 4.78 is 13.5. The third kappa shape index (κ3) is 2.32. The van der Waals surface area contributed by atoms with E-state index in [2.05, 4.69) is 0 Å². The molecule has 1 aliphatic carbocycles. The lowest BCUT2D eigenvalue weighted by Gasteiger charge is -2.38. The van der Waals surface area contributed by atoms with E-state index in [0.717, 1.165) is 24.1 Å². The van der Waals surface area contributed by atoms with Gasteiger partial charge in [0.2, 0.25) is 0 Å². The van der Waals surface area contributed by atoms with Gasteiger partial charge in [-0.2, -0.15) is 0 Å². The minimum Gasteiger partial charge on any atom is -0.243 e. The molecule has 0 amide bonds. The molecule has 1 aliphatic heterocycles. The molecule has 0 bridgehead atoms. The first-order chi connectivity index (χ1) is 5.77. The molecule has 2 rings (SSSR count). The molecule has 3 unspecified atom stereocenters. The van der Waals surface area contributed by atoms with Gasteiger partial charge in [-0.15, -0.1) is 0 Å². The summed E-state index contributed by atoms with van der Waals surface area (Å²) >= 11 is 0. The standard InChI is InChI=1S/C9H17NOS.CH4/c1-10-6-8-4-2-3-5-9(8)7-12(10)11;/h8-9H,2-7H2,1H3;1H4. The monoisotopic (exact) mass is 203 g/mol. The van der Waals surface area contributed by atoms with Crippen LogP contribution in [0.5, 0.6) is 0 Å². The maximum Gasteiger partial charge on any atom is 0.0942 e. The molecule has 0 aromatic carbocycles. The highest BCUT2D eigenvalue weighted by molar-refractivity contribution is 7.82. The Bertz CT molecular complexity index is 195. The zero-order valence-corrected chi connectivity index (χ0v) is 8.48. The van der Waals surface area contributed by atoms with Crippen LogP contribution >= 0.6 is 0 Å². The molecule has 2 aliphatic rings. The molecule has 0 aromatic heterocycles. The van der Waals surface area contributed by atoms with Crippen molar-refractivity contribution in [1.29, 1.82) is 0 Å². The molecule has 0 N–H and O–H groups in total. The smallest absolute Gasteiger partial charge is 0.0942 e. The van der Waals surface area contributed by atoms with Crippen molar-refractivity contribution < 1.29 is 4.21 Å². The Morgan fingerprint density at radius 1 is 1.23 bits per heavy atom. The lowest BCUT2D eigenvalue weighted by Crippen LogP contribution is -2.42. The number of fused-ring (bicyclic) bond motifs is 1. The Morgan fingerprint density at radius 3 is 2.54 bits per heavy atom. The zero-order chi connectivity index (χ0) is 8.55. The van der Waals surface area contributed by atoms with E-state index in [9.17, 15) is 4.21 Å². The second kappa shape index (κ2) is 4.56. The lowest BCUT2D eigenvalue weighted by atomic mass is 9.80. The minimum absolute atomic E-state index is 0. The average Bonchev–Trinajstić information content (AvgIpc) is 2.07. The van der Waals surface area contributed by atoms with Crippen molar-refractivity contribution in [3.63, 3.8) is 0 Å². The summed E-state index contributed by atoms with van der Waals surface area (Å²) in [7, 11) is 1.32. The predicted octanol–water partition coefficient (Wildman–Crippen LogP) is 2.04. The summed E-state index contributed by atoms with van der Waals surface area (Å²) in [5.74, 6) is 2.55. The van der Waals surface area contributed by atoms with Gasteiger partial charge in [0.15, 0.2) is 0 Å². The van der Waals surface area contributed by atoms with Gasteiger partial charge >= 0.3 is 0 Å². The SMILES string of the molecule is C.CN1CC2CCCCC2CS1=O. The molecule has 3 heteroatoms. The van der Waals surface area contributed by atoms with Crippen molar-refractivity contribution in [2.75, 3.05) is 19.3 Å². The average molecular weight is 203 g/mol. The maximum atomic E-state index is 11.5. The molecular weight excluding hydrogens is 182 g/mol. The third-order valence-corrected chi connectivity index (χ3v) is 4.82. The Hall–Kier alpha value is 0.110. The van der Waals surface area contributed by atoms with Gasteiger partial charge in [-0.3, -0.25) is 0 Å². The van der Waals surface area contributed by atoms with Gasteiger partial charge in [0.25, 0.3) is 0 Å². The van der Waals surface area contributed by atoms with E-state index in [1.165, 1.54) is 25.7 Å². The number of rotatable bonds is 0. The van der Waals surface area contributed by atoms with Gasteiger partial charge in [-0.25, -0.2) is 8.51 Å². The number of hydrogen-bond donors (Lipinski definition) is 0. The summed E-state index contributed by atoms with van der Waals surface area (Å²) in [6, 6.07) is 0. The van der Waals surface area contributed by atoms with Crippen molar-refractivity contribution in [1.82, 2.24) is 4.31 Å². The second-order valence-electron chi connectivity index (χ2n) is 4.10. The summed E-state index contributed by atoms with van der Waals surface area (Å²) in [4.78, 5) is 0. The van der Waals surface area contributed by atoms with Crippen molar-refractivity contribution in [3.05, 3.63) is 0 Å². The third-order valence-electron chi connectivity index (χ3n) is 3.26. The van der Waals surface area contributed by atoms with E-state index in [1.54, 1.807) is 0 Å². The van der Waals surface area contributed by atoms with Crippen LogP contribution in [0, 0.1) is 11.8 Å². The normalized spacial score (nSPS) is 40.5. The molecule has 78 valence electrons. The van der Waals surface area contributed by atoms with Gasteiger partial charge in [0.05, 0.1) is 11.0 Å². The molecule has 2 fully saturated rings. The summed E-state index contributed by atoms with van der Waals surface area (Å²) in [6.45, 7) is 1.07. The van der Waals surface area contributed by atoms with Gasteiger partial charge < -0.3 is 0 Å². The van der Waals surface area contributed by atoms with E-state index in [-0.39, 0.29) is 7.43 Å². The maximum absolute atomic E-state index is 11.5. The highest BCUT2D eigenvalue weighted by Gasteiger charge is 2.33. The molecule has 0 aromatic rings. The molecular formula is C10H21NOS. The Balaban J connectivity index is 0.000000845. The number of hydrogen-bond acceptors (Lipinski definition) is 1. The predicted molar refractivity (Wildman–Crippen MR) is 57.8 cm³/mol. The highest BCUT2D eigenvalue weighted by Crippen LogP contribution is 2.34. The molecule has 1 heterocycles. The Kier molecular flexibility index (Phi) is 3.92. The van der Waals surface area contributed by atoms with Gasteiger partial charge in [0, 0.05) is 12.3 Å². The second-order valence-corrected chi connectivity index (χ2v) is 5.70. The van der Waals surface area contributed by atoms with Gasteiger partial charge in [-0.1, -0.05) is 20.3 Å². The highest BCUT2D eigenvalue weighted by atomic mass is 32.2. The minimum atomic E-state index is -0.670. The summed E-state index contributed by atoms with van der Waals surface area (Å²) in [6.07, 6.45) is 5.44. The van der Waals surface area contributed by atoms with Crippen molar-refractivity contribution in [2.24, 2.45) is 11.8 Å². The van der Waals surface area contributed by atoms with Crippen molar-refractivity contribution in [2.45, 2.75) is 33.1 Å². The summed E-state index contributed by atoms with van der Waals surface area (Å²) in [5, 5.41) is 0.